The average molecular weight is 288 g/mol. The van der Waals surface area contributed by atoms with Gasteiger partial charge in [0.25, 0.3) is 0 Å². The molecule has 1 heterocycles. The van der Waals surface area contributed by atoms with E-state index in [0.717, 1.165) is 22.8 Å². The largest absolute Gasteiger partial charge is 0.223 e. The van der Waals surface area contributed by atoms with Gasteiger partial charge in [0.05, 0.1) is 0 Å². The Hall–Kier alpha value is -1.57. The van der Waals surface area contributed by atoms with Crippen molar-refractivity contribution in [2.24, 2.45) is 0 Å². The highest BCUT2D eigenvalue weighted by Crippen LogP contribution is 2.31. The molecule has 19 heavy (non-hydrogen) atoms. The van der Waals surface area contributed by atoms with Crippen LogP contribution in [0.25, 0.3) is 10.8 Å². The number of hydrogen-bond acceptors (Lipinski definition) is 1. The number of halogens is 2. The van der Waals surface area contributed by atoms with Crippen LogP contribution < -0.4 is 0 Å². The second-order valence-electron chi connectivity index (χ2n) is 4.38. The third-order valence-electron chi connectivity index (χ3n) is 3.14. The summed E-state index contributed by atoms with van der Waals surface area (Å²) in [6.45, 7) is 0. The minimum Gasteiger partial charge on any atom is -0.223 e. The molecule has 94 valence electrons. The Balaban J connectivity index is 2.18. The lowest BCUT2D eigenvalue weighted by molar-refractivity contribution is 1.17. The van der Waals surface area contributed by atoms with E-state index in [9.17, 15) is 0 Å². The van der Waals surface area contributed by atoms with Crippen molar-refractivity contribution in [3.63, 3.8) is 0 Å². The lowest BCUT2D eigenvalue weighted by Gasteiger charge is -2.10. The first-order valence-corrected chi connectivity index (χ1v) is 6.78. The molecule has 0 N–H and O–H groups in total. The van der Waals surface area contributed by atoms with Gasteiger partial charge in [-0.25, -0.2) is 4.98 Å². The van der Waals surface area contributed by atoms with Gasteiger partial charge in [0.15, 0.2) is 0 Å². The molecule has 2 aromatic carbocycles. The highest BCUT2D eigenvalue weighted by Gasteiger charge is 2.11. The van der Waals surface area contributed by atoms with E-state index in [1.54, 1.807) is 0 Å². The summed E-state index contributed by atoms with van der Waals surface area (Å²) >= 11 is 12.4. The van der Waals surface area contributed by atoms with Crippen molar-refractivity contribution in [2.45, 2.75) is 6.42 Å². The molecule has 0 bridgehead atoms. The molecule has 0 unspecified atom stereocenters. The zero-order valence-corrected chi connectivity index (χ0v) is 11.6. The summed E-state index contributed by atoms with van der Waals surface area (Å²) in [7, 11) is 0. The number of benzene rings is 2. The first-order valence-electron chi connectivity index (χ1n) is 6.02. The highest BCUT2D eigenvalue weighted by molar-refractivity contribution is 6.37. The van der Waals surface area contributed by atoms with Gasteiger partial charge in [-0.15, -0.1) is 0 Å². The van der Waals surface area contributed by atoms with Crippen LogP contribution in [0.3, 0.4) is 0 Å². The van der Waals surface area contributed by atoms with Crippen molar-refractivity contribution in [1.82, 2.24) is 4.98 Å². The van der Waals surface area contributed by atoms with Crippen LogP contribution in [0, 0.1) is 0 Å². The van der Waals surface area contributed by atoms with Gasteiger partial charge in [0, 0.05) is 17.4 Å². The van der Waals surface area contributed by atoms with E-state index in [-0.39, 0.29) is 0 Å². The Morgan fingerprint density at radius 1 is 0.737 bits per heavy atom. The van der Waals surface area contributed by atoms with Crippen LogP contribution >= 0.6 is 23.2 Å². The summed E-state index contributed by atoms with van der Waals surface area (Å²) in [4.78, 5) is 4.23. The van der Waals surface area contributed by atoms with Crippen LogP contribution in [0.1, 0.15) is 11.1 Å². The molecule has 0 radical (unpaired) electrons. The van der Waals surface area contributed by atoms with Gasteiger partial charge in [-0.05, 0) is 10.9 Å². The predicted octanol–water partition coefficient (Wildman–Crippen LogP) is 5.13. The van der Waals surface area contributed by atoms with Gasteiger partial charge in [-0.3, -0.25) is 0 Å². The van der Waals surface area contributed by atoms with Crippen molar-refractivity contribution in [3.8, 4) is 0 Å². The normalized spacial score (nSPS) is 10.8. The SMILES string of the molecule is Clc1nc(Cl)c2ccccc2c1Cc1ccccc1. The van der Waals surface area contributed by atoms with Crippen molar-refractivity contribution in [1.29, 1.82) is 0 Å². The maximum Gasteiger partial charge on any atom is 0.138 e. The summed E-state index contributed by atoms with van der Waals surface area (Å²) in [6, 6.07) is 18.2. The monoisotopic (exact) mass is 287 g/mol. The average Bonchev–Trinajstić information content (AvgIpc) is 2.45. The third-order valence-corrected chi connectivity index (χ3v) is 3.74. The molecule has 0 spiro atoms. The molecule has 3 aromatic rings. The van der Waals surface area contributed by atoms with Crippen molar-refractivity contribution in [3.05, 3.63) is 76.0 Å². The van der Waals surface area contributed by atoms with E-state index in [0.29, 0.717) is 10.3 Å². The van der Waals surface area contributed by atoms with Crippen molar-refractivity contribution >= 4 is 34.0 Å². The molecule has 0 amide bonds. The van der Waals surface area contributed by atoms with E-state index < -0.39 is 0 Å². The van der Waals surface area contributed by atoms with Crippen LogP contribution in [0.15, 0.2) is 54.6 Å². The number of hydrogen-bond donors (Lipinski definition) is 0. The first kappa shape index (κ1) is 12.5. The smallest absolute Gasteiger partial charge is 0.138 e. The summed E-state index contributed by atoms with van der Waals surface area (Å²) in [5.74, 6) is 0. The molecule has 0 atom stereocenters. The standard InChI is InChI=1S/C16H11Cl2N/c17-15-13-9-5-4-8-12(13)14(16(18)19-15)10-11-6-2-1-3-7-11/h1-9H,10H2. The quantitative estimate of drug-likeness (QED) is 0.595. The van der Waals surface area contributed by atoms with Gasteiger partial charge >= 0.3 is 0 Å². The van der Waals surface area contributed by atoms with Crippen molar-refractivity contribution in [2.75, 3.05) is 0 Å². The van der Waals surface area contributed by atoms with Gasteiger partial charge < -0.3 is 0 Å². The van der Waals surface area contributed by atoms with E-state index in [1.807, 2.05) is 42.5 Å². The molecule has 3 rings (SSSR count). The fraction of sp³-hybridized carbons (Fsp3) is 0.0625. The number of rotatable bonds is 2. The molecule has 0 aliphatic carbocycles. The molecule has 0 fully saturated rings. The van der Waals surface area contributed by atoms with Gasteiger partial charge in [-0.1, -0.05) is 77.8 Å². The zero-order chi connectivity index (χ0) is 13.2. The van der Waals surface area contributed by atoms with Gasteiger partial charge in [0.1, 0.15) is 10.3 Å². The number of fused-ring (bicyclic) bond motifs is 1. The molecular weight excluding hydrogens is 277 g/mol. The Morgan fingerprint density at radius 2 is 1.37 bits per heavy atom. The second-order valence-corrected chi connectivity index (χ2v) is 5.10. The zero-order valence-electron chi connectivity index (χ0n) is 10.1. The molecule has 0 aliphatic heterocycles. The fourth-order valence-corrected chi connectivity index (χ4v) is 2.77. The van der Waals surface area contributed by atoms with Crippen LogP contribution in [0.2, 0.25) is 10.3 Å². The summed E-state index contributed by atoms with van der Waals surface area (Å²) in [5.41, 5.74) is 2.23. The Bertz CT molecular complexity index is 723. The number of nitrogens with zero attached hydrogens (tertiary/aromatic N) is 1. The molecule has 1 nitrogen and oxygen atoms in total. The van der Waals surface area contributed by atoms with Crippen molar-refractivity contribution < 1.29 is 0 Å². The van der Waals surface area contributed by atoms with Gasteiger partial charge in [0.2, 0.25) is 0 Å². The maximum atomic E-state index is 6.26. The lowest BCUT2D eigenvalue weighted by atomic mass is 10.0. The molecular formula is C16H11Cl2N. The van der Waals surface area contributed by atoms with E-state index in [2.05, 4.69) is 17.1 Å². The third kappa shape index (κ3) is 2.44. The van der Waals surface area contributed by atoms with Crippen LogP contribution in [0.4, 0.5) is 0 Å². The van der Waals surface area contributed by atoms with Crippen LogP contribution in [-0.2, 0) is 6.42 Å². The topological polar surface area (TPSA) is 12.9 Å². The Morgan fingerprint density at radius 3 is 2.11 bits per heavy atom. The number of pyridine rings is 1. The Kier molecular flexibility index (Phi) is 3.41. The molecule has 1 aromatic heterocycles. The summed E-state index contributed by atoms with van der Waals surface area (Å²) < 4.78 is 0. The summed E-state index contributed by atoms with van der Waals surface area (Å²) in [5, 5.41) is 2.95. The molecule has 0 aliphatic rings. The van der Waals surface area contributed by atoms with Crippen LogP contribution in [-0.4, -0.2) is 4.98 Å². The van der Waals surface area contributed by atoms with Gasteiger partial charge in [-0.2, -0.15) is 0 Å². The van der Waals surface area contributed by atoms with E-state index >= 15 is 0 Å². The van der Waals surface area contributed by atoms with E-state index in [4.69, 9.17) is 23.2 Å². The minimum atomic E-state index is 0.456. The fourth-order valence-electron chi connectivity index (χ4n) is 2.22. The van der Waals surface area contributed by atoms with Crippen LogP contribution in [0.5, 0.6) is 0 Å². The molecule has 3 heteroatoms. The first-order chi connectivity index (χ1) is 9.25. The molecule has 0 saturated heterocycles. The summed E-state index contributed by atoms with van der Waals surface area (Å²) in [6.07, 6.45) is 0.754. The maximum absolute atomic E-state index is 6.26. The van der Waals surface area contributed by atoms with E-state index in [1.165, 1.54) is 5.56 Å². The molecule has 0 saturated carbocycles. The number of aromatic nitrogens is 1. The predicted molar refractivity (Wildman–Crippen MR) is 81.0 cm³/mol. The minimum absolute atomic E-state index is 0.456. The lowest BCUT2D eigenvalue weighted by Crippen LogP contribution is -1.94. The second kappa shape index (κ2) is 5.20. The Labute approximate surface area is 121 Å². The highest BCUT2D eigenvalue weighted by atomic mass is 35.5.